The van der Waals surface area contributed by atoms with E-state index >= 15 is 0 Å². The van der Waals surface area contributed by atoms with Crippen LogP contribution in [-0.2, 0) is 27.5 Å². The molecule has 1 aliphatic heterocycles. The first-order valence-corrected chi connectivity index (χ1v) is 10.8. The zero-order chi connectivity index (χ0) is 21.2. The predicted molar refractivity (Wildman–Crippen MR) is 117 cm³/mol. The second kappa shape index (κ2) is 8.57. The number of hydrogen-bond donors (Lipinski definition) is 3. The van der Waals surface area contributed by atoms with Crippen molar-refractivity contribution in [1.29, 1.82) is 0 Å². The Hall–Kier alpha value is -3.09. The highest BCUT2D eigenvalue weighted by molar-refractivity contribution is 5.92. The van der Waals surface area contributed by atoms with Crippen molar-refractivity contribution in [2.75, 3.05) is 0 Å². The van der Waals surface area contributed by atoms with Crippen LogP contribution in [-0.4, -0.2) is 28.3 Å². The van der Waals surface area contributed by atoms with E-state index in [0.29, 0.717) is 18.8 Å². The maximum Gasteiger partial charge on any atom is 0.286 e. The lowest BCUT2D eigenvalue weighted by Crippen LogP contribution is -2.33. The maximum absolute atomic E-state index is 12.7. The molecule has 3 N–H and O–H groups in total. The number of para-hydroxylation sites is 1. The van der Waals surface area contributed by atoms with Crippen molar-refractivity contribution in [2.24, 2.45) is 0 Å². The van der Waals surface area contributed by atoms with E-state index < -0.39 is 6.29 Å². The number of hydrogen-bond acceptors (Lipinski definition) is 4. The van der Waals surface area contributed by atoms with Gasteiger partial charge >= 0.3 is 0 Å². The molecule has 0 saturated heterocycles. The zero-order valence-corrected chi connectivity index (χ0v) is 17.2. The van der Waals surface area contributed by atoms with Crippen LogP contribution < -0.4 is 5.32 Å². The molecule has 1 aliphatic carbocycles. The van der Waals surface area contributed by atoms with Crippen LogP contribution in [0.4, 0.5) is 0 Å². The Bertz CT molecular complexity index is 1100. The van der Waals surface area contributed by atoms with Gasteiger partial charge in [-0.15, -0.1) is 0 Å². The zero-order valence-electron chi connectivity index (χ0n) is 17.2. The predicted octanol–water partition coefficient (Wildman–Crippen LogP) is 3.87. The monoisotopic (exact) mass is 418 g/mol. The van der Waals surface area contributed by atoms with Crippen LogP contribution in [0.2, 0.25) is 0 Å². The van der Waals surface area contributed by atoms with Crippen molar-refractivity contribution in [1.82, 2.24) is 10.3 Å². The number of amides is 1. The molecule has 2 heterocycles. The minimum atomic E-state index is -0.527. The van der Waals surface area contributed by atoms with Crippen LogP contribution in [0, 0.1) is 0 Å². The molecule has 6 nitrogen and oxygen atoms in total. The SMILES string of the molecule is O=C(NC1CC1)C1=C[C@@H](c2c[nH]c3ccccc23)C[C@@H](OCc2ccc(CO)cc2)O1. The number of aliphatic hydroxyl groups is 1. The highest BCUT2D eigenvalue weighted by Crippen LogP contribution is 2.36. The molecule has 5 rings (SSSR count). The fraction of sp³-hybridized carbons (Fsp3) is 0.320. The molecule has 31 heavy (non-hydrogen) atoms. The number of allylic oxidation sites excluding steroid dienone is 1. The molecule has 1 amide bonds. The quantitative estimate of drug-likeness (QED) is 0.544. The molecule has 1 saturated carbocycles. The Morgan fingerprint density at radius 1 is 1.13 bits per heavy atom. The van der Waals surface area contributed by atoms with Gasteiger partial charge in [0.15, 0.2) is 5.76 Å². The van der Waals surface area contributed by atoms with E-state index in [1.165, 1.54) is 0 Å². The Morgan fingerprint density at radius 2 is 1.90 bits per heavy atom. The second-order valence-corrected chi connectivity index (χ2v) is 8.24. The number of benzene rings is 2. The first-order chi connectivity index (χ1) is 15.2. The molecule has 2 aliphatic rings. The van der Waals surface area contributed by atoms with Crippen LogP contribution in [0.5, 0.6) is 0 Å². The van der Waals surface area contributed by atoms with Gasteiger partial charge in [0.2, 0.25) is 6.29 Å². The summed E-state index contributed by atoms with van der Waals surface area (Å²) in [7, 11) is 0. The van der Waals surface area contributed by atoms with E-state index in [9.17, 15) is 9.90 Å². The molecular weight excluding hydrogens is 392 g/mol. The third-order valence-corrected chi connectivity index (χ3v) is 5.86. The molecule has 0 radical (unpaired) electrons. The van der Waals surface area contributed by atoms with Crippen molar-refractivity contribution in [2.45, 2.75) is 50.7 Å². The Kier molecular flexibility index (Phi) is 5.49. The highest BCUT2D eigenvalue weighted by Gasteiger charge is 2.32. The van der Waals surface area contributed by atoms with E-state index in [4.69, 9.17) is 9.47 Å². The first kappa shape index (κ1) is 19.8. The Morgan fingerprint density at radius 3 is 2.68 bits per heavy atom. The standard InChI is InChI=1S/C25H26N2O4/c28-14-16-5-7-17(8-6-16)15-30-24-12-18(11-23(31-24)25(29)27-19-9-10-19)21-13-26-22-4-2-1-3-20(21)22/h1-8,11,13,18-19,24,26,28H,9-10,12,14-15H2,(H,27,29)/t18-,24+/m1/s1. The van der Waals surface area contributed by atoms with Gasteiger partial charge < -0.3 is 24.9 Å². The minimum Gasteiger partial charge on any atom is -0.459 e. The van der Waals surface area contributed by atoms with Crippen molar-refractivity contribution in [3.05, 3.63) is 83.3 Å². The van der Waals surface area contributed by atoms with E-state index in [2.05, 4.69) is 16.4 Å². The summed E-state index contributed by atoms with van der Waals surface area (Å²) in [5.41, 5.74) is 4.06. The van der Waals surface area contributed by atoms with Gasteiger partial charge in [0.25, 0.3) is 5.91 Å². The summed E-state index contributed by atoms with van der Waals surface area (Å²) in [6, 6.07) is 16.0. The number of fused-ring (bicyclic) bond motifs is 1. The summed E-state index contributed by atoms with van der Waals surface area (Å²) in [4.78, 5) is 16.0. The molecular formula is C25H26N2O4. The Balaban J connectivity index is 1.36. The van der Waals surface area contributed by atoms with Crippen LogP contribution in [0.15, 0.2) is 66.6 Å². The largest absolute Gasteiger partial charge is 0.459 e. The summed E-state index contributed by atoms with van der Waals surface area (Å²) in [6.07, 6.45) is 6.07. The number of rotatable bonds is 7. The lowest BCUT2D eigenvalue weighted by molar-refractivity contribution is -0.150. The molecule has 1 fully saturated rings. The van der Waals surface area contributed by atoms with Crippen molar-refractivity contribution in [3.8, 4) is 0 Å². The molecule has 1 aromatic heterocycles. The summed E-state index contributed by atoms with van der Waals surface area (Å²) in [6.45, 7) is 0.387. The number of ether oxygens (including phenoxy) is 2. The van der Waals surface area contributed by atoms with Gasteiger partial charge in [-0.3, -0.25) is 4.79 Å². The summed E-state index contributed by atoms with van der Waals surface area (Å²) < 4.78 is 12.0. The summed E-state index contributed by atoms with van der Waals surface area (Å²) in [5, 5.41) is 13.4. The number of H-pyrrole nitrogens is 1. The van der Waals surface area contributed by atoms with E-state index in [-0.39, 0.29) is 24.5 Å². The summed E-state index contributed by atoms with van der Waals surface area (Å²) in [5.74, 6) is 0.161. The average Bonchev–Trinajstić information content (AvgIpc) is 3.52. The van der Waals surface area contributed by atoms with Gasteiger partial charge in [0.1, 0.15) is 0 Å². The highest BCUT2D eigenvalue weighted by atomic mass is 16.7. The molecule has 0 unspecified atom stereocenters. The molecule has 160 valence electrons. The lowest BCUT2D eigenvalue weighted by atomic mass is 9.92. The normalized spacial score (nSPS) is 20.9. The molecule has 0 bridgehead atoms. The first-order valence-electron chi connectivity index (χ1n) is 10.8. The van der Waals surface area contributed by atoms with Gasteiger partial charge in [-0.1, -0.05) is 42.5 Å². The van der Waals surface area contributed by atoms with Gasteiger partial charge in [0.05, 0.1) is 13.2 Å². The van der Waals surface area contributed by atoms with Crippen LogP contribution >= 0.6 is 0 Å². The lowest BCUT2D eigenvalue weighted by Gasteiger charge is -2.29. The van der Waals surface area contributed by atoms with Crippen molar-refractivity contribution in [3.63, 3.8) is 0 Å². The molecule has 3 aromatic rings. The minimum absolute atomic E-state index is 0.00613. The molecule has 2 atom stereocenters. The van der Waals surface area contributed by atoms with E-state index in [1.54, 1.807) is 0 Å². The van der Waals surface area contributed by atoms with Gasteiger partial charge in [-0.2, -0.15) is 0 Å². The van der Waals surface area contributed by atoms with Gasteiger partial charge in [-0.05, 0) is 41.7 Å². The molecule has 0 spiro atoms. The summed E-state index contributed by atoms with van der Waals surface area (Å²) >= 11 is 0. The van der Waals surface area contributed by atoms with Crippen molar-refractivity contribution >= 4 is 16.8 Å². The van der Waals surface area contributed by atoms with Crippen molar-refractivity contribution < 1.29 is 19.4 Å². The van der Waals surface area contributed by atoms with Crippen LogP contribution in [0.1, 0.15) is 41.9 Å². The number of aliphatic hydroxyl groups excluding tert-OH is 1. The number of aromatic amines is 1. The number of nitrogens with one attached hydrogen (secondary N) is 2. The third-order valence-electron chi connectivity index (χ3n) is 5.86. The Labute approximate surface area is 180 Å². The van der Waals surface area contributed by atoms with Gasteiger partial charge in [0, 0.05) is 35.5 Å². The number of carbonyl (C=O) groups is 1. The average molecular weight is 418 g/mol. The topological polar surface area (TPSA) is 83.6 Å². The third kappa shape index (κ3) is 4.50. The fourth-order valence-electron chi connectivity index (χ4n) is 3.95. The van der Waals surface area contributed by atoms with Gasteiger partial charge in [-0.25, -0.2) is 0 Å². The van der Waals surface area contributed by atoms with E-state index in [1.807, 2.05) is 54.7 Å². The van der Waals surface area contributed by atoms with E-state index in [0.717, 1.165) is 40.4 Å². The fourth-order valence-corrected chi connectivity index (χ4v) is 3.95. The smallest absolute Gasteiger partial charge is 0.286 e. The van der Waals surface area contributed by atoms with Crippen LogP contribution in [0.25, 0.3) is 10.9 Å². The molecule has 6 heteroatoms. The number of aromatic nitrogens is 1. The van der Waals surface area contributed by atoms with Crippen LogP contribution in [0.3, 0.4) is 0 Å². The maximum atomic E-state index is 12.7. The number of carbonyl (C=O) groups excluding carboxylic acids is 1. The molecule has 2 aromatic carbocycles. The second-order valence-electron chi connectivity index (χ2n) is 8.24.